The Labute approximate surface area is 80.7 Å². The number of unbranched alkanes of at least 4 members (excludes halogenated alkanes) is 2. The summed E-state index contributed by atoms with van der Waals surface area (Å²) in [5.41, 5.74) is 0. The van der Waals surface area contributed by atoms with Gasteiger partial charge in [-0.2, -0.15) is 11.8 Å². The van der Waals surface area contributed by atoms with Crippen LogP contribution < -0.4 is 5.32 Å². The summed E-state index contributed by atoms with van der Waals surface area (Å²) in [6.07, 6.45) is 9.14. The highest BCUT2D eigenvalue weighted by molar-refractivity contribution is 8.00. The first-order chi connectivity index (χ1) is 5.83. The van der Waals surface area contributed by atoms with Gasteiger partial charge in [0.05, 0.1) is 0 Å². The molecule has 0 aliphatic heterocycles. The van der Waals surface area contributed by atoms with Gasteiger partial charge in [0.25, 0.3) is 0 Å². The summed E-state index contributed by atoms with van der Waals surface area (Å²) < 4.78 is 0.645. The second kappa shape index (κ2) is 5.13. The van der Waals surface area contributed by atoms with Crippen LogP contribution in [0.5, 0.6) is 0 Å². The lowest BCUT2D eigenvalue weighted by atomic mass is 10.2. The van der Waals surface area contributed by atoms with Crippen molar-refractivity contribution in [1.29, 1.82) is 0 Å². The van der Waals surface area contributed by atoms with Crippen LogP contribution >= 0.6 is 11.8 Å². The molecule has 72 valence electrons. The molecule has 0 amide bonds. The van der Waals surface area contributed by atoms with Crippen molar-refractivity contribution in [3.63, 3.8) is 0 Å². The Bertz CT molecular complexity index is 121. The van der Waals surface area contributed by atoms with Crippen LogP contribution in [0.2, 0.25) is 0 Å². The molecule has 1 aliphatic carbocycles. The van der Waals surface area contributed by atoms with Crippen molar-refractivity contribution in [2.75, 3.05) is 19.3 Å². The van der Waals surface area contributed by atoms with Crippen molar-refractivity contribution in [1.82, 2.24) is 5.32 Å². The average molecular weight is 187 g/mol. The Morgan fingerprint density at radius 3 is 2.58 bits per heavy atom. The quantitative estimate of drug-likeness (QED) is 0.615. The molecule has 0 bridgehead atoms. The van der Waals surface area contributed by atoms with Gasteiger partial charge in [0.15, 0.2) is 0 Å². The standard InChI is InChI=1S/C10H21NS/c1-3-4-5-8-11-9-10(12-2)6-7-10/h11H,3-9H2,1-2H3. The normalized spacial score (nSPS) is 19.5. The zero-order valence-corrected chi connectivity index (χ0v) is 9.17. The van der Waals surface area contributed by atoms with E-state index in [1.807, 2.05) is 11.8 Å². The van der Waals surface area contributed by atoms with Gasteiger partial charge in [0.2, 0.25) is 0 Å². The van der Waals surface area contributed by atoms with Crippen LogP contribution in [0.25, 0.3) is 0 Å². The lowest BCUT2D eigenvalue weighted by molar-refractivity contribution is 0.605. The second-order valence-corrected chi connectivity index (χ2v) is 5.05. The van der Waals surface area contributed by atoms with Gasteiger partial charge >= 0.3 is 0 Å². The van der Waals surface area contributed by atoms with E-state index in [1.165, 1.54) is 45.2 Å². The fraction of sp³-hybridized carbons (Fsp3) is 1.00. The lowest BCUT2D eigenvalue weighted by Crippen LogP contribution is -2.26. The van der Waals surface area contributed by atoms with Gasteiger partial charge in [-0.15, -0.1) is 0 Å². The summed E-state index contributed by atoms with van der Waals surface area (Å²) in [6.45, 7) is 4.71. The van der Waals surface area contributed by atoms with Crippen LogP contribution in [-0.2, 0) is 0 Å². The summed E-state index contributed by atoms with van der Waals surface area (Å²) in [5, 5.41) is 3.55. The third kappa shape index (κ3) is 3.36. The summed E-state index contributed by atoms with van der Waals surface area (Å²) in [5.74, 6) is 0. The van der Waals surface area contributed by atoms with Crippen molar-refractivity contribution in [3.05, 3.63) is 0 Å². The van der Waals surface area contributed by atoms with Crippen molar-refractivity contribution >= 4 is 11.8 Å². The van der Waals surface area contributed by atoms with Gasteiger partial charge in [0.1, 0.15) is 0 Å². The average Bonchev–Trinajstić information content (AvgIpc) is 2.85. The molecule has 0 spiro atoms. The first-order valence-electron chi connectivity index (χ1n) is 5.09. The zero-order valence-electron chi connectivity index (χ0n) is 8.36. The van der Waals surface area contributed by atoms with Gasteiger partial charge in [-0.1, -0.05) is 19.8 Å². The topological polar surface area (TPSA) is 12.0 Å². The van der Waals surface area contributed by atoms with E-state index in [9.17, 15) is 0 Å². The molecule has 0 saturated heterocycles. The van der Waals surface area contributed by atoms with Crippen LogP contribution in [0.3, 0.4) is 0 Å². The summed E-state index contributed by atoms with van der Waals surface area (Å²) >= 11 is 2.04. The second-order valence-electron chi connectivity index (χ2n) is 3.77. The molecule has 0 radical (unpaired) electrons. The monoisotopic (exact) mass is 187 g/mol. The van der Waals surface area contributed by atoms with Crippen LogP contribution in [0.4, 0.5) is 0 Å². The molecule has 1 saturated carbocycles. The molecule has 2 heteroatoms. The van der Waals surface area contributed by atoms with Crippen molar-refractivity contribution < 1.29 is 0 Å². The van der Waals surface area contributed by atoms with Crippen molar-refractivity contribution in [2.24, 2.45) is 0 Å². The molecule has 0 atom stereocenters. The minimum Gasteiger partial charge on any atom is -0.315 e. The number of rotatable bonds is 7. The Morgan fingerprint density at radius 2 is 2.08 bits per heavy atom. The van der Waals surface area contributed by atoms with Gasteiger partial charge in [-0.05, 0) is 32.1 Å². The zero-order chi connectivity index (χ0) is 8.86. The molecule has 0 aromatic heterocycles. The molecule has 0 aromatic rings. The van der Waals surface area contributed by atoms with Crippen molar-refractivity contribution in [3.8, 4) is 0 Å². The number of hydrogen-bond acceptors (Lipinski definition) is 2. The maximum absolute atomic E-state index is 3.55. The minimum absolute atomic E-state index is 0.645. The third-order valence-corrected chi connectivity index (χ3v) is 4.06. The van der Waals surface area contributed by atoms with E-state index in [1.54, 1.807) is 0 Å². The Hall–Kier alpha value is 0.310. The minimum atomic E-state index is 0.645. The largest absolute Gasteiger partial charge is 0.315 e. The Balaban J connectivity index is 1.89. The Morgan fingerprint density at radius 1 is 1.33 bits per heavy atom. The third-order valence-electron chi connectivity index (χ3n) is 2.64. The van der Waals surface area contributed by atoms with Gasteiger partial charge in [-0.25, -0.2) is 0 Å². The van der Waals surface area contributed by atoms with E-state index in [0.29, 0.717) is 4.75 Å². The summed E-state index contributed by atoms with van der Waals surface area (Å²) in [4.78, 5) is 0. The maximum Gasteiger partial charge on any atom is 0.0282 e. The summed E-state index contributed by atoms with van der Waals surface area (Å²) in [6, 6.07) is 0. The molecule has 0 aromatic carbocycles. The molecule has 1 rings (SSSR count). The predicted octanol–water partition coefficient (Wildman–Crippen LogP) is 2.66. The highest BCUT2D eigenvalue weighted by atomic mass is 32.2. The van der Waals surface area contributed by atoms with Gasteiger partial charge in [-0.3, -0.25) is 0 Å². The fourth-order valence-corrected chi connectivity index (χ4v) is 2.17. The molecule has 1 fully saturated rings. The molecule has 1 N–H and O–H groups in total. The lowest BCUT2D eigenvalue weighted by Gasteiger charge is -2.12. The van der Waals surface area contributed by atoms with Crippen molar-refractivity contribution in [2.45, 2.75) is 43.8 Å². The fourth-order valence-electron chi connectivity index (χ4n) is 1.41. The number of hydrogen-bond donors (Lipinski definition) is 1. The number of thioether (sulfide) groups is 1. The number of nitrogens with one attached hydrogen (secondary N) is 1. The van der Waals surface area contributed by atoms with Gasteiger partial charge < -0.3 is 5.32 Å². The van der Waals surface area contributed by atoms with Gasteiger partial charge in [0, 0.05) is 11.3 Å². The first kappa shape index (κ1) is 10.4. The van der Waals surface area contributed by atoms with E-state index in [-0.39, 0.29) is 0 Å². The molecular weight excluding hydrogens is 166 g/mol. The highest BCUT2D eigenvalue weighted by Gasteiger charge is 2.40. The van der Waals surface area contributed by atoms with Crippen LogP contribution in [0.15, 0.2) is 0 Å². The van der Waals surface area contributed by atoms with E-state index in [4.69, 9.17) is 0 Å². The molecule has 0 unspecified atom stereocenters. The smallest absolute Gasteiger partial charge is 0.0282 e. The van der Waals surface area contributed by atoms with Crippen LogP contribution in [0.1, 0.15) is 39.0 Å². The van der Waals surface area contributed by atoms with E-state index in [2.05, 4.69) is 18.5 Å². The molecule has 1 aliphatic rings. The van der Waals surface area contributed by atoms with Crippen LogP contribution in [0, 0.1) is 0 Å². The first-order valence-corrected chi connectivity index (χ1v) is 6.31. The SMILES string of the molecule is CCCCCNCC1(SC)CC1. The molecule has 12 heavy (non-hydrogen) atoms. The maximum atomic E-state index is 3.55. The molecule has 0 heterocycles. The summed E-state index contributed by atoms with van der Waals surface area (Å²) in [7, 11) is 0. The Kier molecular flexibility index (Phi) is 4.44. The van der Waals surface area contributed by atoms with Crippen LogP contribution in [-0.4, -0.2) is 24.1 Å². The highest BCUT2D eigenvalue weighted by Crippen LogP contribution is 2.46. The van der Waals surface area contributed by atoms with E-state index < -0.39 is 0 Å². The molecular formula is C10H21NS. The van der Waals surface area contributed by atoms with E-state index >= 15 is 0 Å². The molecule has 1 nitrogen and oxygen atoms in total. The predicted molar refractivity (Wildman–Crippen MR) is 57.9 cm³/mol. The van der Waals surface area contributed by atoms with E-state index in [0.717, 1.165) is 0 Å².